The molecule has 1 atom stereocenters. The molecular formula is C13H18N2O3. The van der Waals surface area contributed by atoms with Crippen LogP contribution in [0.25, 0.3) is 0 Å². The van der Waals surface area contributed by atoms with Crippen LogP contribution in [-0.4, -0.2) is 38.3 Å². The lowest BCUT2D eigenvalue weighted by Gasteiger charge is -2.23. The van der Waals surface area contributed by atoms with Gasteiger partial charge in [-0.15, -0.1) is 0 Å². The second-order valence-corrected chi connectivity index (χ2v) is 4.31. The van der Waals surface area contributed by atoms with Gasteiger partial charge in [-0.25, -0.2) is 0 Å². The molecule has 98 valence electrons. The Morgan fingerprint density at radius 1 is 1.50 bits per heavy atom. The van der Waals surface area contributed by atoms with Crippen molar-refractivity contribution >= 4 is 17.2 Å². The third kappa shape index (κ3) is 3.21. The van der Waals surface area contributed by atoms with Crippen LogP contribution in [-0.2, 0) is 9.47 Å². The summed E-state index contributed by atoms with van der Waals surface area (Å²) in [6, 6.07) is 5.35. The topological polar surface area (TPSA) is 73.6 Å². The van der Waals surface area contributed by atoms with E-state index >= 15 is 0 Å². The molecule has 1 aromatic carbocycles. The van der Waals surface area contributed by atoms with Crippen LogP contribution in [0.1, 0.15) is 17.3 Å². The number of hydrogen-bond donors (Lipinski definition) is 2. The first-order valence-electron chi connectivity index (χ1n) is 6.00. The van der Waals surface area contributed by atoms with Gasteiger partial charge in [-0.2, -0.15) is 0 Å². The predicted octanol–water partition coefficient (Wildman–Crippen LogP) is 1.30. The Hall–Kier alpha value is -1.59. The molecule has 18 heavy (non-hydrogen) atoms. The fourth-order valence-electron chi connectivity index (χ4n) is 1.86. The third-order valence-corrected chi connectivity index (χ3v) is 2.85. The van der Waals surface area contributed by atoms with Crippen LogP contribution < -0.4 is 11.1 Å². The van der Waals surface area contributed by atoms with Crippen LogP contribution in [0.5, 0.6) is 0 Å². The molecular weight excluding hydrogens is 232 g/mol. The smallest absolute Gasteiger partial charge is 0.161 e. The standard InChI is InChI=1S/C13H18N2O3/c1-9(16)12-6-10(2-3-13(12)14)15-7-11-8-17-4-5-18-11/h2-3,6,11,15H,4-5,7-8,14H2,1H3. The normalized spacial score (nSPS) is 19.5. The highest BCUT2D eigenvalue weighted by Crippen LogP contribution is 2.18. The maximum atomic E-state index is 11.4. The van der Waals surface area contributed by atoms with Gasteiger partial charge in [0, 0.05) is 23.5 Å². The molecule has 1 aliphatic heterocycles. The maximum Gasteiger partial charge on any atom is 0.161 e. The van der Waals surface area contributed by atoms with Crippen molar-refractivity contribution in [1.29, 1.82) is 0 Å². The van der Waals surface area contributed by atoms with Gasteiger partial charge in [-0.3, -0.25) is 4.79 Å². The molecule has 1 aromatic rings. The lowest BCUT2D eigenvalue weighted by Crippen LogP contribution is -2.34. The van der Waals surface area contributed by atoms with Crippen molar-refractivity contribution in [3.05, 3.63) is 23.8 Å². The van der Waals surface area contributed by atoms with Crippen LogP contribution in [0.4, 0.5) is 11.4 Å². The molecule has 0 spiro atoms. The van der Waals surface area contributed by atoms with E-state index in [-0.39, 0.29) is 11.9 Å². The van der Waals surface area contributed by atoms with Gasteiger partial charge in [-0.1, -0.05) is 0 Å². The molecule has 1 heterocycles. The van der Waals surface area contributed by atoms with Crippen LogP contribution in [0.2, 0.25) is 0 Å². The monoisotopic (exact) mass is 250 g/mol. The molecule has 0 radical (unpaired) electrons. The largest absolute Gasteiger partial charge is 0.398 e. The first-order chi connectivity index (χ1) is 8.66. The molecule has 0 saturated carbocycles. The molecule has 0 amide bonds. The highest BCUT2D eigenvalue weighted by atomic mass is 16.6. The van der Waals surface area contributed by atoms with E-state index in [0.29, 0.717) is 37.6 Å². The number of nitrogens with two attached hydrogens (primary N) is 1. The molecule has 0 bridgehead atoms. The number of benzene rings is 1. The number of nitrogen functional groups attached to an aromatic ring is 1. The summed E-state index contributed by atoms with van der Waals surface area (Å²) in [6.45, 7) is 4.05. The molecule has 2 rings (SSSR count). The Kier molecular flexibility index (Phi) is 4.17. The van der Waals surface area contributed by atoms with Crippen molar-refractivity contribution in [1.82, 2.24) is 0 Å². The average molecular weight is 250 g/mol. The number of Topliss-reactive ketones (excluding diaryl/α,β-unsaturated/α-hetero) is 1. The molecule has 1 fully saturated rings. The summed E-state index contributed by atoms with van der Waals surface area (Å²) in [7, 11) is 0. The molecule has 3 N–H and O–H groups in total. The van der Waals surface area contributed by atoms with Crippen LogP contribution in [0.15, 0.2) is 18.2 Å². The number of ketones is 1. The Morgan fingerprint density at radius 3 is 3.00 bits per heavy atom. The van der Waals surface area contributed by atoms with E-state index in [1.54, 1.807) is 12.1 Å². The van der Waals surface area contributed by atoms with Gasteiger partial charge in [0.1, 0.15) is 0 Å². The number of rotatable bonds is 4. The van der Waals surface area contributed by atoms with Crippen molar-refractivity contribution < 1.29 is 14.3 Å². The summed E-state index contributed by atoms with van der Waals surface area (Å²) >= 11 is 0. The summed E-state index contributed by atoms with van der Waals surface area (Å²) in [6.07, 6.45) is 0.0529. The molecule has 0 aliphatic carbocycles. The van der Waals surface area contributed by atoms with E-state index in [2.05, 4.69) is 5.32 Å². The van der Waals surface area contributed by atoms with Crippen LogP contribution >= 0.6 is 0 Å². The van der Waals surface area contributed by atoms with E-state index < -0.39 is 0 Å². The summed E-state index contributed by atoms with van der Waals surface area (Å²) < 4.78 is 10.8. The number of nitrogens with one attached hydrogen (secondary N) is 1. The molecule has 0 aromatic heterocycles. The lowest BCUT2D eigenvalue weighted by atomic mass is 10.1. The summed E-state index contributed by atoms with van der Waals surface area (Å²) in [5.74, 6) is -0.0339. The minimum Gasteiger partial charge on any atom is -0.398 e. The lowest BCUT2D eigenvalue weighted by molar-refractivity contribution is -0.0818. The number of ether oxygens (including phenoxy) is 2. The van der Waals surface area contributed by atoms with Gasteiger partial charge in [0.2, 0.25) is 0 Å². The third-order valence-electron chi connectivity index (χ3n) is 2.85. The molecule has 1 saturated heterocycles. The number of carbonyl (C=O) groups is 1. The van der Waals surface area contributed by atoms with Gasteiger partial charge in [0.05, 0.1) is 25.9 Å². The fourth-order valence-corrected chi connectivity index (χ4v) is 1.86. The van der Waals surface area contributed by atoms with Crippen molar-refractivity contribution in [2.75, 3.05) is 37.4 Å². The predicted molar refractivity (Wildman–Crippen MR) is 69.9 cm³/mol. The van der Waals surface area contributed by atoms with E-state index in [0.717, 1.165) is 5.69 Å². The van der Waals surface area contributed by atoms with E-state index in [9.17, 15) is 4.79 Å². The SMILES string of the molecule is CC(=O)c1cc(NCC2COCCO2)ccc1N. The average Bonchev–Trinajstić information content (AvgIpc) is 2.38. The second kappa shape index (κ2) is 5.84. The summed E-state index contributed by atoms with van der Waals surface area (Å²) in [5.41, 5.74) is 7.65. The minimum absolute atomic E-state index is 0.0339. The van der Waals surface area contributed by atoms with Gasteiger partial charge < -0.3 is 20.5 Å². The Bertz CT molecular complexity index is 428. The molecule has 1 aliphatic rings. The highest BCUT2D eigenvalue weighted by molar-refractivity contribution is 5.99. The molecule has 5 heteroatoms. The first-order valence-corrected chi connectivity index (χ1v) is 6.00. The van der Waals surface area contributed by atoms with E-state index in [1.165, 1.54) is 6.92 Å². The van der Waals surface area contributed by atoms with Gasteiger partial charge >= 0.3 is 0 Å². The fraction of sp³-hybridized carbons (Fsp3) is 0.462. The number of anilines is 2. The zero-order chi connectivity index (χ0) is 13.0. The van der Waals surface area contributed by atoms with Gasteiger partial charge in [0.25, 0.3) is 0 Å². The Morgan fingerprint density at radius 2 is 2.33 bits per heavy atom. The Labute approximate surface area is 106 Å². The van der Waals surface area contributed by atoms with E-state index in [4.69, 9.17) is 15.2 Å². The van der Waals surface area contributed by atoms with Crippen molar-refractivity contribution in [3.8, 4) is 0 Å². The molecule has 5 nitrogen and oxygen atoms in total. The quantitative estimate of drug-likeness (QED) is 0.622. The van der Waals surface area contributed by atoms with E-state index in [1.807, 2.05) is 6.07 Å². The summed E-state index contributed by atoms with van der Waals surface area (Å²) in [5, 5.41) is 3.22. The van der Waals surface area contributed by atoms with Crippen molar-refractivity contribution in [2.24, 2.45) is 0 Å². The van der Waals surface area contributed by atoms with Crippen molar-refractivity contribution in [2.45, 2.75) is 13.0 Å². The zero-order valence-corrected chi connectivity index (χ0v) is 10.4. The molecule has 1 unspecified atom stereocenters. The summed E-state index contributed by atoms with van der Waals surface area (Å²) in [4.78, 5) is 11.4. The number of carbonyl (C=O) groups excluding carboxylic acids is 1. The Balaban J connectivity index is 1.96. The van der Waals surface area contributed by atoms with Crippen LogP contribution in [0, 0.1) is 0 Å². The number of hydrogen-bond acceptors (Lipinski definition) is 5. The first kappa shape index (κ1) is 12.9. The van der Waals surface area contributed by atoms with Gasteiger partial charge in [-0.05, 0) is 25.1 Å². The highest BCUT2D eigenvalue weighted by Gasteiger charge is 2.14. The minimum atomic E-state index is -0.0339. The second-order valence-electron chi connectivity index (χ2n) is 4.31. The van der Waals surface area contributed by atoms with Crippen molar-refractivity contribution in [3.63, 3.8) is 0 Å². The van der Waals surface area contributed by atoms with Crippen LogP contribution in [0.3, 0.4) is 0 Å². The zero-order valence-electron chi connectivity index (χ0n) is 10.4. The maximum absolute atomic E-state index is 11.4. The van der Waals surface area contributed by atoms with Gasteiger partial charge in [0.15, 0.2) is 5.78 Å².